The Labute approximate surface area is 120 Å². The van der Waals surface area contributed by atoms with Gasteiger partial charge in [-0.15, -0.1) is 11.3 Å². The number of aromatic nitrogens is 3. The molecule has 0 fully saturated rings. The predicted octanol–water partition coefficient (Wildman–Crippen LogP) is 0.740. The molecule has 0 bridgehead atoms. The Balaban J connectivity index is 1.94. The van der Waals surface area contributed by atoms with Gasteiger partial charge in [0.2, 0.25) is 0 Å². The van der Waals surface area contributed by atoms with Gasteiger partial charge in [0.25, 0.3) is 5.91 Å². The van der Waals surface area contributed by atoms with E-state index in [1.54, 1.807) is 29.6 Å². The van der Waals surface area contributed by atoms with Gasteiger partial charge in [-0.05, 0) is 6.54 Å². The van der Waals surface area contributed by atoms with Crippen LogP contribution >= 0.6 is 11.3 Å². The fourth-order valence-electron chi connectivity index (χ4n) is 1.58. The van der Waals surface area contributed by atoms with Crippen LogP contribution in [0.15, 0.2) is 17.8 Å². The number of rotatable bonds is 7. The number of nitrogens with one attached hydrogen (secondary N) is 1. The molecule has 108 valence electrons. The molecule has 0 unspecified atom stereocenters. The van der Waals surface area contributed by atoms with Crippen LogP contribution in [0.25, 0.3) is 0 Å². The van der Waals surface area contributed by atoms with E-state index >= 15 is 0 Å². The lowest BCUT2D eigenvalue weighted by Gasteiger charge is -2.00. The van der Waals surface area contributed by atoms with E-state index in [9.17, 15) is 4.79 Å². The van der Waals surface area contributed by atoms with Crippen LogP contribution in [0.3, 0.4) is 0 Å². The number of ether oxygens (including phenoxy) is 1. The smallest absolute Gasteiger partial charge is 0.275 e. The number of carbonyl (C=O) groups excluding carboxylic acids is 1. The third kappa shape index (κ3) is 3.86. The Morgan fingerprint density at radius 2 is 2.45 bits per heavy atom. The van der Waals surface area contributed by atoms with Gasteiger partial charge in [0.05, 0.1) is 30.0 Å². The first-order valence-corrected chi connectivity index (χ1v) is 7.08. The SMILES string of the molecule is COCCn1cc(NC(=O)c2csc(CCN)n2)cn1. The van der Waals surface area contributed by atoms with Gasteiger partial charge in [0, 0.05) is 25.1 Å². The molecule has 0 aliphatic carbocycles. The third-order valence-electron chi connectivity index (χ3n) is 2.56. The average molecular weight is 295 g/mol. The second-order valence-corrected chi connectivity index (χ2v) is 5.05. The van der Waals surface area contributed by atoms with Gasteiger partial charge >= 0.3 is 0 Å². The molecular formula is C12H17N5O2S. The molecule has 0 radical (unpaired) electrons. The predicted molar refractivity (Wildman–Crippen MR) is 76.9 cm³/mol. The summed E-state index contributed by atoms with van der Waals surface area (Å²) < 4.78 is 6.67. The molecule has 20 heavy (non-hydrogen) atoms. The summed E-state index contributed by atoms with van der Waals surface area (Å²) in [5, 5.41) is 9.48. The number of thiazole rings is 1. The van der Waals surface area contributed by atoms with Crippen molar-refractivity contribution in [2.75, 3.05) is 25.6 Å². The van der Waals surface area contributed by atoms with Crippen molar-refractivity contribution < 1.29 is 9.53 Å². The van der Waals surface area contributed by atoms with Crippen LogP contribution in [0.2, 0.25) is 0 Å². The summed E-state index contributed by atoms with van der Waals surface area (Å²) in [5.41, 5.74) is 6.50. The van der Waals surface area contributed by atoms with E-state index in [1.807, 2.05) is 0 Å². The van der Waals surface area contributed by atoms with E-state index in [4.69, 9.17) is 10.5 Å². The van der Waals surface area contributed by atoms with E-state index in [2.05, 4.69) is 15.4 Å². The Morgan fingerprint density at radius 1 is 1.60 bits per heavy atom. The maximum absolute atomic E-state index is 12.0. The molecule has 0 saturated carbocycles. The van der Waals surface area contributed by atoms with E-state index in [-0.39, 0.29) is 5.91 Å². The maximum Gasteiger partial charge on any atom is 0.275 e. The third-order valence-corrected chi connectivity index (χ3v) is 3.47. The lowest BCUT2D eigenvalue weighted by Crippen LogP contribution is -2.12. The molecule has 1 amide bonds. The molecule has 0 spiro atoms. The second-order valence-electron chi connectivity index (χ2n) is 4.10. The number of amides is 1. The first-order chi connectivity index (χ1) is 9.72. The Morgan fingerprint density at radius 3 is 3.20 bits per heavy atom. The number of carbonyl (C=O) groups is 1. The molecule has 2 heterocycles. The first-order valence-electron chi connectivity index (χ1n) is 6.20. The van der Waals surface area contributed by atoms with E-state index < -0.39 is 0 Å². The molecule has 0 saturated heterocycles. The van der Waals surface area contributed by atoms with Gasteiger partial charge in [-0.2, -0.15) is 5.10 Å². The molecule has 0 aliphatic heterocycles. The zero-order chi connectivity index (χ0) is 14.4. The molecule has 2 aromatic heterocycles. The molecule has 2 aromatic rings. The van der Waals surface area contributed by atoms with Gasteiger partial charge in [-0.25, -0.2) is 4.98 Å². The summed E-state index contributed by atoms with van der Waals surface area (Å²) in [6, 6.07) is 0. The Bertz CT molecular complexity index is 566. The van der Waals surface area contributed by atoms with E-state index in [0.717, 1.165) is 5.01 Å². The van der Waals surface area contributed by atoms with Crippen molar-refractivity contribution >= 4 is 22.9 Å². The minimum absolute atomic E-state index is 0.240. The van der Waals surface area contributed by atoms with Gasteiger partial charge in [-0.1, -0.05) is 0 Å². The molecule has 0 aliphatic rings. The lowest BCUT2D eigenvalue weighted by molar-refractivity contribution is 0.102. The van der Waals surface area contributed by atoms with Crippen LogP contribution in [0.4, 0.5) is 5.69 Å². The average Bonchev–Trinajstić information content (AvgIpc) is 3.06. The minimum atomic E-state index is -0.240. The fourth-order valence-corrected chi connectivity index (χ4v) is 2.38. The Hall–Kier alpha value is -1.77. The summed E-state index contributed by atoms with van der Waals surface area (Å²) in [6.45, 7) is 1.74. The van der Waals surface area contributed by atoms with Crippen molar-refractivity contribution in [2.45, 2.75) is 13.0 Å². The highest BCUT2D eigenvalue weighted by molar-refractivity contribution is 7.09. The normalized spacial score (nSPS) is 10.7. The van der Waals surface area contributed by atoms with Gasteiger partial charge in [0.1, 0.15) is 5.69 Å². The van der Waals surface area contributed by atoms with Crippen LogP contribution in [0, 0.1) is 0 Å². The summed E-state index contributed by atoms with van der Waals surface area (Å²) in [4.78, 5) is 16.2. The zero-order valence-corrected chi connectivity index (χ0v) is 12.0. The number of nitrogens with zero attached hydrogens (tertiary/aromatic N) is 3. The number of hydrogen-bond acceptors (Lipinski definition) is 6. The zero-order valence-electron chi connectivity index (χ0n) is 11.2. The highest BCUT2D eigenvalue weighted by Crippen LogP contribution is 2.12. The molecule has 0 aromatic carbocycles. The van der Waals surface area contributed by atoms with Crippen LogP contribution in [-0.2, 0) is 17.7 Å². The van der Waals surface area contributed by atoms with Crippen LogP contribution in [0.1, 0.15) is 15.5 Å². The van der Waals surface area contributed by atoms with Crippen molar-refractivity contribution in [2.24, 2.45) is 5.73 Å². The maximum atomic E-state index is 12.0. The van der Waals surface area contributed by atoms with Crippen LogP contribution in [-0.4, -0.2) is 40.9 Å². The quantitative estimate of drug-likeness (QED) is 0.785. The molecule has 7 nitrogen and oxygen atoms in total. The monoisotopic (exact) mass is 295 g/mol. The standard InChI is InChI=1S/C12H17N5O2S/c1-19-5-4-17-7-9(6-14-17)15-12(18)10-8-20-11(16-10)2-3-13/h6-8H,2-5,13H2,1H3,(H,15,18). The van der Waals surface area contributed by atoms with Crippen molar-refractivity contribution in [3.8, 4) is 0 Å². The summed E-state index contributed by atoms with van der Waals surface area (Å²) in [6.07, 6.45) is 4.04. The van der Waals surface area contributed by atoms with Gasteiger partial charge in [0.15, 0.2) is 0 Å². The number of methoxy groups -OCH3 is 1. The van der Waals surface area contributed by atoms with Crippen molar-refractivity contribution in [3.05, 3.63) is 28.5 Å². The van der Waals surface area contributed by atoms with Gasteiger partial charge in [-0.3, -0.25) is 9.48 Å². The topological polar surface area (TPSA) is 95.1 Å². The molecule has 0 atom stereocenters. The van der Waals surface area contributed by atoms with Crippen LogP contribution in [0.5, 0.6) is 0 Å². The van der Waals surface area contributed by atoms with Crippen molar-refractivity contribution in [1.29, 1.82) is 0 Å². The summed E-state index contributed by atoms with van der Waals surface area (Å²) >= 11 is 1.44. The number of nitrogens with two attached hydrogens (primary N) is 1. The summed E-state index contributed by atoms with van der Waals surface area (Å²) in [7, 11) is 1.63. The highest BCUT2D eigenvalue weighted by atomic mass is 32.1. The second kappa shape index (κ2) is 7.13. The van der Waals surface area contributed by atoms with Crippen molar-refractivity contribution in [3.63, 3.8) is 0 Å². The van der Waals surface area contributed by atoms with Crippen LogP contribution < -0.4 is 11.1 Å². The lowest BCUT2D eigenvalue weighted by atomic mass is 10.4. The Kier molecular flexibility index (Phi) is 5.22. The molecular weight excluding hydrogens is 278 g/mol. The van der Waals surface area contributed by atoms with Gasteiger partial charge < -0.3 is 15.8 Å². The molecule has 2 rings (SSSR count). The van der Waals surface area contributed by atoms with E-state index in [0.29, 0.717) is 37.5 Å². The minimum Gasteiger partial charge on any atom is -0.383 e. The largest absolute Gasteiger partial charge is 0.383 e. The highest BCUT2D eigenvalue weighted by Gasteiger charge is 2.11. The van der Waals surface area contributed by atoms with E-state index in [1.165, 1.54) is 11.3 Å². The number of hydrogen-bond donors (Lipinski definition) is 2. The fraction of sp³-hybridized carbons (Fsp3) is 0.417. The van der Waals surface area contributed by atoms with Crippen molar-refractivity contribution in [1.82, 2.24) is 14.8 Å². The molecule has 8 heteroatoms. The number of anilines is 1. The molecule has 3 N–H and O–H groups in total. The summed E-state index contributed by atoms with van der Waals surface area (Å²) in [5.74, 6) is -0.240. The first kappa shape index (κ1) is 14.6.